The summed E-state index contributed by atoms with van der Waals surface area (Å²) >= 11 is 5.56. The number of hydrogen-bond donors (Lipinski definition) is 0. The van der Waals surface area contributed by atoms with E-state index in [2.05, 4.69) is 19.9 Å². The van der Waals surface area contributed by atoms with E-state index in [4.69, 9.17) is 16.1 Å². The number of ether oxygens (including phenoxy) is 1. The van der Waals surface area contributed by atoms with Gasteiger partial charge in [0.15, 0.2) is 0 Å². The summed E-state index contributed by atoms with van der Waals surface area (Å²) in [5.74, 6) is 0.0295. The fraction of sp³-hybridized carbons (Fsp3) is 0.200. The molecule has 0 aliphatic carbocycles. The summed E-state index contributed by atoms with van der Waals surface area (Å²) in [6, 6.07) is 1.63. The Balaban J connectivity index is 2.18. The fourth-order valence-corrected chi connectivity index (χ4v) is 1.29. The maximum atomic E-state index is 11.0. The second kappa shape index (κ2) is 4.92. The van der Waals surface area contributed by atoms with Crippen LogP contribution >= 0.6 is 11.6 Å². The first-order valence-electron chi connectivity index (χ1n) is 4.69. The van der Waals surface area contributed by atoms with Gasteiger partial charge in [0.05, 0.1) is 7.11 Å². The van der Waals surface area contributed by atoms with Crippen LogP contribution < -0.4 is 0 Å². The van der Waals surface area contributed by atoms with Crippen molar-refractivity contribution in [1.82, 2.24) is 15.1 Å². The van der Waals surface area contributed by atoms with Gasteiger partial charge in [-0.3, -0.25) is 4.79 Å². The normalized spacial score (nSPS) is 10.2. The molecule has 0 spiro atoms. The van der Waals surface area contributed by atoms with Crippen molar-refractivity contribution in [2.45, 2.75) is 6.42 Å². The summed E-state index contributed by atoms with van der Waals surface area (Å²) in [6.07, 6.45) is 3.09. The Kier molecular flexibility index (Phi) is 3.34. The van der Waals surface area contributed by atoms with Crippen molar-refractivity contribution >= 4 is 17.6 Å². The minimum absolute atomic E-state index is 0.0396. The molecule has 0 aromatic carbocycles. The standard InChI is InChI=1S/C10H8ClN3O3/c1-16-9(15)3-7-2-8(14-17-7)6-4-12-10(11)13-5-6/h2,4-5H,3H2,1H3. The van der Waals surface area contributed by atoms with Crippen LogP contribution in [0.5, 0.6) is 0 Å². The average Bonchev–Trinajstić information content (AvgIpc) is 2.78. The van der Waals surface area contributed by atoms with Crippen molar-refractivity contribution in [3.05, 3.63) is 29.5 Å². The smallest absolute Gasteiger partial charge is 0.313 e. The molecule has 2 heterocycles. The van der Waals surface area contributed by atoms with Gasteiger partial charge in [0.2, 0.25) is 5.28 Å². The van der Waals surface area contributed by atoms with Crippen LogP contribution in [0.4, 0.5) is 0 Å². The lowest BCUT2D eigenvalue weighted by Crippen LogP contribution is -2.03. The van der Waals surface area contributed by atoms with E-state index in [9.17, 15) is 4.79 Å². The van der Waals surface area contributed by atoms with Crippen LogP contribution in [0.25, 0.3) is 11.3 Å². The lowest BCUT2D eigenvalue weighted by molar-refractivity contribution is -0.140. The molecule has 0 N–H and O–H groups in total. The molecule has 0 saturated carbocycles. The minimum atomic E-state index is -0.389. The number of nitrogens with zero attached hydrogens (tertiary/aromatic N) is 3. The Morgan fingerprint density at radius 2 is 2.18 bits per heavy atom. The Labute approximate surface area is 102 Å². The predicted molar refractivity (Wildman–Crippen MR) is 58.3 cm³/mol. The number of hydrogen-bond acceptors (Lipinski definition) is 6. The molecule has 0 aliphatic rings. The Hall–Kier alpha value is -1.95. The molecule has 2 aromatic heterocycles. The van der Waals surface area contributed by atoms with E-state index in [0.717, 1.165) is 0 Å². The molecular formula is C10H8ClN3O3. The quantitative estimate of drug-likeness (QED) is 0.609. The van der Waals surface area contributed by atoms with Crippen LogP contribution in [0, 0.1) is 0 Å². The van der Waals surface area contributed by atoms with Gasteiger partial charge in [-0.25, -0.2) is 9.97 Å². The summed E-state index contributed by atoms with van der Waals surface area (Å²) in [5, 5.41) is 3.96. The number of halogens is 1. The highest BCUT2D eigenvalue weighted by Gasteiger charge is 2.11. The molecule has 88 valence electrons. The van der Waals surface area contributed by atoms with Crippen molar-refractivity contribution in [2.24, 2.45) is 0 Å². The van der Waals surface area contributed by atoms with E-state index in [1.165, 1.54) is 19.5 Å². The fourth-order valence-electron chi connectivity index (χ4n) is 1.19. The second-order valence-electron chi connectivity index (χ2n) is 3.17. The number of esters is 1. The molecule has 0 atom stereocenters. The van der Waals surface area contributed by atoms with E-state index in [0.29, 0.717) is 17.0 Å². The molecule has 2 aromatic rings. The second-order valence-corrected chi connectivity index (χ2v) is 3.51. The third-order valence-electron chi connectivity index (χ3n) is 2.02. The highest BCUT2D eigenvalue weighted by Crippen LogP contribution is 2.18. The Morgan fingerprint density at radius 3 is 2.82 bits per heavy atom. The molecule has 0 unspecified atom stereocenters. The van der Waals surface area contributed by atoms with Gasteiger partial charge in [0, 0.05) is 24.0 Å². The molecular weight excluding hydrogens is 246 g/mol. The minimum Gasteiger partial charge on any atom is -0.469 e. The van der Waals surface area contributed by atoms with E-state index in [-0.39, 0.29) is 17.7 Å². The van der Waals surface area contributed by atoms with Gasteiger partial charge in [-0.2, -0.15) is 0 Å². The van der Waals surface area contributed by atoms with E-state index in [1.807, 2.05) is 0 Å². The van der Waals surface area contributed by atoms with Gasteiger partial charge in [0.1, 0.15) is 17.9 Å². The zero-order valence-corrected chi connectivity index (χ0v) is 9.64. The maximum Gasteiger partial charge on any atom is 0.313 e. The largest absolute Gasteiger partial charge is 0.469 e. The monoisotopic (exact) mass is 253 g/mol. The first-order valence-corrected chi connectivity index (χ1v) is 5.07. The molecule has 7 heteroatoms. The summed E-state index contributed by atoms with van der Waals surface area (Å²) in [7, 11) is 1.31. The highest BCUT2D eigenvalue weighted by molar-refractivity contribution is 6.28. The van der Waals surface area contributed by atoms with Crippen LogP contribution in [0.15, 0.2) is 23.0 Å². The number of methoxy groups -OCH3 is 1. The Morgan fingerprint density at radius 1 is 1.47 bits per heavy atom. The molecule has 0 fully saturated rings. The van der Waals surface area contributed by atoms with Crippen LogP contribution in [-0.4, -0.2) is 28.2 Å². The highest BCUT2D eigenvalue weighted by atomic mass is 35.5. The number of carbonyl (C=O) groups is 1. The van der Waals surface area contributed by atoms with Gasteiger partial charge < -0.3 is 9.26 Å². The average molecular weight is 254 g/mol. The van der Waals surface area contributed by atoms with E-state index >= 15 is 0 Å². The Bertz CT molecular complexity index is 524. The molecule has 6 nitrogen and oxygen atoms in total. The van der Waals surface area contributed by atoms with Gasteiger partial charge in [0.25, 0.3) is 0 Å². The number of aromatic nitrogens is 3. The lowest BCUT2D eigenvalue weighted by Gasteiger charge is -1.93. The van der Waals surface area contributed by atoms with Crippen molar-refractivity contribution in [2.75, 3.05) is 7.11 Å². The molecule has 2 rings (SSSR count). The predicted octanol–water partition coefficient (Wildman–Crippen LogP) is 1.50. The molecule has 0 aliphatic heterocycles. The number of carbonyl (C=O) groups excluding carboxylic acids is 1. The van der Waals surface area contributed by atoms with Crippen LogP contribution in [0.1, 0.15) is 5.76 Å². The van der Waals surface area contributed by atoms with Crippen molar-refractivity contribution in [3.8, 4) is 11.3 Å². The van der Waals surface area contributed by atoms with Gasteiger partial charge in [-0.15, -0.1) is 0 Å². The summed E-state index contributed by atoms with van der Waals surface area (Å²) in [4.78, 5) is 18.7. The molecule has 17 heavy (non-hydrogen) atoms. The van der Waals surface area contributed by atoms with E-state index in [1.54, 1.807) is 6.07 Å². The first-order chi connectivity index (χ1) is 8.19. The zero-order chi connectivity index (χ0) is 12.3. The topological polar surface area (TPSA) is 78.1 Å². The first kappa shape index (κ1) is 11.5. The summed E-state index contributed by atoms with van der Waals surface area (Å²) < 4.78 is 9.50. The van der Waals surface area contributed by atoms with Gasteiger partial charge >= 0.3 is 5.97 Å². The van der Waals surface area contributed by atoms with Crippen molar-refractivity contribution in [1.29, 1.82) is 0 Å². The van der Waals surface area contributed by atoms with Gasteiger partial charge in [-0.1, -0.05) is 5.16 Å². The van der Waals surface area contributed by atoms with Crippen LogP contribution in [-0.2, 0) is 16.0 Å². The SMILES string of the molecule is COC(=O)Cc1cc(-c2cnc(Cl)nc2)no1. The molecule has 0 amide bonds. The third-order valence-corrected chi connectivity index (χ3v) is 2.22. The zero-order valence-electron chi connectivity index (χ0n) is 8.88. The van der Waals surface area contributed by atoms with Crippen molar-refractivity contribution < 1.29 is 14.1 Å². The van der Waals surface area contributed by atoms with Gasteiger partial charge in [-0.05, 0) is 11.6 Å². The summed E-state index contributed by atoms with van der Waals surface area (Å²) in [6.45, 7) is 0. The molecule has 0 bridgehead atoms. The van der Waals surface area contributed by atoms with Crippen molar-refractivity contribution in [3.63, 3.8) is 0 Å². The van der Waals surface area contributed by atoms with Crippen LogP contribution in [0.3, 0.4) is 0 Å². The third kappa shape index (κ3) is 2.79. The lowest BCUT2D eigenvalue weighted by atomic mass is 10.2. The van der Waals surface area contributed by atoms with E-state index < -0.39 is 0 Å². The van der Waals surface area contributed by atoms with Crippen LogP contribution in [0.2, 0.25) is 5.28 Å². The molecule has 0 saturated heterocycles. The maximum absolute atomic E-state index is 11.0. The summed E-state index contributed by atoms with van der Waals surface area (Å²) in [5.41, 5.74) is 1.20. The molecule has 0 radical (unpaired) electrons. The number of rotatable bonds is 3.